The number of hydrogen-bond donors (Lipinski definition) is 0. The molecule has 0 radical (unpaired) electrons. The quantitative estimate of drug-likeness (QED) is 0.602. The van der Waals surface area contributed by atoms with Gasteiger partial charge in [0.05, 0.1) is 13.0 Å². The summed E-state index contributed by atoms with van der Waals surface area (Å²) in [4.78, 5) is 0. The zero-order valence-corrected chi connectivity index (χ0v) is 9.40. The first-order valence-corrected chi connectivity index (χ1v) is 5.09. The van der Waals surface area contributed by atoms with E-state index < -0.39 is 31.6 Å². The highest BCUT2D eigenvalue weighted by molar-refractivity contribution is 6.74. The van der Waals surface area contributed by atoms with Gasteiger partial charge in [-0.2, -0.15) is 13.2 Å². The van der Waals surface area contributed by atoms with Crippen molar-refractivity contribution in [1.82, 2.24) is 0 Å². The Bertz CT molecular complexity index is 412. The van der Waals surface area contributed by atoms with E-state index in [1.54, 1.807) is 0 Å². The van der Waals surface area contributed by atoms with Crippen molar-refractivity contribution in [3.05, 3.63) is 23.8 Å². The number of hydrogen-bond acceptors (Lipinski definition) is 1. The van der Waals surface area contributed by atoms with Crippen molar-refractivity contribution in [2.75, 3.05) is 6.61 Å². The van der Waals surface area contributed by atoms with E-state index in [1.807, 2.05) is 0 Å². The Balaban J connectivity index is 2.68. The topological polar surface area (TPSA) is 9.23 Å². The maximum atomic E-state index is 12.5. The van der Waals surface area contributed by atoms with Crippen LogP contribution in [0.5, 0.6) is 5.75 Å². The standard InChI is InChI=1S/C10H10BF6O/c1-7-6-8(18-5-4-10(12,13)14)2-3-9(7)11(15,16)17/h2-3,6H,4-5H2,1H3/q-1. The zero-order chi connectivity index (χ0) is 14.0. The van der Waals surface area contributed by atoms with Gasteiger partial charge in [-0.15, -0.1) is 5.46 Å². The maximum absolute atomic E-state index is 12.5. The lowest BCUT2D eigenvalue weighted by Gasteiger charge is -2.18. The number of halogens is 6. The van der Waals surface area contributed by atoms with E-state index in [1.165, 1.54) is 6.92 Å². The molecule has 1 aromatic rings. The zero-order valence-electron chi connectivity index (χ0n) is 9.40. The van der Waals surface area contributed by atoms with Crippen LogP contribution in [0.2, 0.25) is 0 Å². The number of aryl methyl sites for hydroxylation is 1. The van der Waals surface area contributed by atoms with Gasteiger partial charge in [0, 0.05) is 0 Å². The average Bonchev–Trinajstić information content (AvgIpc) is 2.13. The Morgan fingerprint density at radius 3 is 2.22 bits per heavy atom. The van der Waals surface area contributed by atoms with Gasteiger partial charge in [0.15, 0.2) is 0 Å². The molecule has 0 atom stereocenters. The molecule has 0 amide bonds. The summed E-state index contributed by atoms with van der Waals surface area (Å²) in [7, 11) is 0. The van der Waals surface area contributed by atoms with Crippen LogP contribution in [-0.2, 0) is 0 Å². The second kappa shape index (κ2) is 5.11. The summed E-state index contributed by atoms with van der Waals surface area (Å²) in [5.41, 5.74) is -0.829. The first-order valence-electron chi connectivity index (χ1n) is 5.09. The summed E-state index contributed by atoms with van der Waals surface area (Å²) in [6.45, 7) is -4.49. The first-order chi connectivity index (χ1) is 8.09. The molecule has 0 fully saturated rings. The predicted molar refractivity (Wildman–Crippen MR) is 56.1 cm³/mol. The van der Waals surface area contributed by atoms with Crippen molar-refractivity contribution in [2.45, 2.75) is 19.5 Å². The second-order valence-corrected chi connectivity index (χ2v) is 3.81. The number of alkyl halides is 3. The van der Waals surface area contributed by atoms with Crippen LogP contribution in [0.25, 0.3) is 0 Å². The summed E-state index contributed by atoms with van der Waals surface area (Å²) >= 11 is 0. The fourth-order valence-electron chi connectivity index (χ4n) is 1.39. The van der Waals surface area contributed by atoms with Crippen LogP contribution in [0.15, 0.2) is 18.2 Å². The monoisotopic (exact) mass is 271 g/mol. The van der Waals surface area contributed by atoms with E-state index in [9.17, 15) is 26.1 Å². The Hall–Kier alpha value is -1.34. The maximum Gasteiger partial charge on any atom is 0.509 e. The highest BCUT2D eigenvalue weighted by atomic mass is 19.4. The molecule has 0 aromatic heterocycles. The van der Waals surface area contributed by atoms with Crippen LogP contribution in [-0.4, -0.2) is 19.8 Å². The largest absolute Gasteiger partial charge is 0.509 e. The van der Waals surface area contributed by atoms with Crippen molar-refractivity contribution < 1.29 is 30.9 Å². The predicted octanol–water partition coefficient (Wildman–Crippen LogP) is 3.38. The minimum Gasteiger partial charge on any atom is -0.493 e. The molecule has 0 saturated carbocycles. The lowest BCUT2D eigenvalue weighted by Crippen LogP contribution is -2.35. The fraction of sp³-hybridized carbons (Fsp3) is 0.400. The number of benzene rings is 1. The van der Waals surface area contributed by atoms with Gasteiger partial charge in [-0.3, -0.25) is 0 Å². The van der Waals surface area contributed by atoms with Crippen LogP contribution in [0.1, 0.15) is 12.0 Å². The molecule has 0 heterocycles. The Kier molecular flexibility index (Phi) is 4.18. The van der Waals surface area contributed by atoms with Gasteiger partial charge in [0.1, 0.15) is 5.75 Å². The highest BCUT2D eigenvalue weighted by Gasteiger charge is 2.28. The molecule has 0 N–H and O–H groups in total. The Labute approximate surface area is 99.8 Å². The molecule has 0 saturated heterocycles. The lowest BCUT2D eigenvalue weighted by molar-refractivity contribution is -0.139. The van der Waals surface area contributed by atoms with E-state index >= 15 is 0 Å². The van der Waals surface area contributed by atoms with Crippen LogP contribution >= 0.6 is 0 Å². The molecule has 1 aromatic carbocycles. The number of rotatable bonds is 4. The summed E-state index contributed by atoms with van der Waals surface area (Å²) in [5.74, 6) is 0.000509. The molecule has 0 unspecified atom stereocenters. The van der Waals surface area contributed by atoms with Gasteiger partial charge < -0.3 is 17.7 Å². The average molecular weight is 271 g/mol. The van der Waals surface area contributed by atoms with Crippen LogP contribution in [0.4, 0.5) is 26.1 Å². The SMILES string of the molecule is Cc1cc(OCCC(F)(F)F)ccc1[B-](F)(F)F. The minimum absolute atomic E-state index is 0.000509. The molecule has 0 aliphatic carbocycles. The normalized spacial score (nSPS) is 12.6. The van der Waals surface area contributed by atoms with E-state index in [-0.39, 0.29) is 11.3 Å². The molecule has 0 spiro atoms. The number of ether oxygens (including phenoxy) is 1. The van der Waals surface area contributed by atoms with E-state index in [4.69, 9.17) is 4.74 Å². The van der Waals surface area contributed by atoms with Gasteiger partial charge in [0.25, 0.3) is 0 Å². The van der Waals surface area contributed by atoms with Crippen molar-refractivity contribution in [1.29, 1.82) is 0 Å². The molecule has 0 aliphatic heterocycles. The highest BCUT2D eigenvalue weighted by Crippen LogP contribution is 2.21. The van der Waals surface area contributed by atoms with E-state index in [0.717, 1.165) is 18.2 Å². The third-order valence-corrected chi connectivity index (χ3v) is 2.25. The third kappa shape index (κ3) is 4.50. The third-order valence-electron chi connectivity index (χ3n) is 2.25. The Morgan fingerprint density at radius 2 is 1.78 bits per heavy atom. The van der Waals surface area contributed by atoms with Crippen LogP contribution in [0, 0.1) is 6.92 Å². The molecule has 1 rings (SSSR count). The van der Waals surface area contributed by atoms with Crippen molar-refractivity contribution in [3.63, 3.8) is 0 Å². The van der Waals surface area contributed by atoms with Gasteiger partial charge in [-0.1, -0.05) is 11.6 Å². The molecule has 0 aliphatic rings. The van der Waals surface area contributed by atoms with E-state index in [2.05, 4.69) is 0 Å². The van der Waals surface area contributed by atoms with Gasteiger partial charge in [-0.25, -0.2) is 0 Å². The molecule has 1 nitrogen and oxygen atoms in total. The lowest BCUT2D eigenvalue weighted by atomic mass is 9.77. The molecular formula is C10H10BF6O-. The van der Waals surface area contributed by atoms with Gasteiger partial charge in [-0.05, 0) is 19.1 Å². The molecule has 18 heavy (non-hydrogen) atoms. The van der Waals surface area contributed by atoms with Crippen LogP contribution < -0.4 is 10.2 Å². The van der Waals surface area contributed by atoms with Crippen molar-refractivity contribution >= 4 is 12.4 Å². The molecular weight excluding hydrogens is 261 g/mol. The molecule has 102 valence electrons. The summed E-state index contributed by atoms with van der Waals surface area (Å²) in [5, 5.41) is 0. The summed E-state index contributed by atoms with van der Waals surface area (Å²) in [6, 6.07) is 2.92. The van der Waals surface area contributed by atoms with Crippen LogP contribution in [0.3, 0.4) is 0 Å². The fourth-order valence-corrected chi connectivity index (χ4v) is 1.39. The molecule has 0 bridgehead atoms. The first kappa shape index (κ1) is 14.7. The minimum atomic E-state index is -5.12. The summed E-state index contributed by atoms with van der Waals surface area (Å²) in [6.07, 6.45) is -5.49. The van der Waals surface area contributed by atoms with Crippen molar-refractivity contribution in [3.8, 4) is 5.75 Å². The smallest absolute Gasteiger partial charge is 0.493 e. The second-order valence-electron chi connectivity index (χ2n) is 3.81. The van der Waals surface area contributed by atoms with Gasteiger partial charge in [0.2, 0.25) is 0 Å². The van der Waals surface area contributed by atoms with Gasteiger partial charge >= 0.3 is 13.2 Å². The molecule has 8 heteroatoms. The Morgan fingerprint density at radius 1 is 1.17 bits per heavy atom. The van der Waals surface area contributed by atoms with E-state index in [0.29, 0.717) is 0 Å². The summed E-state index contributed by atoms with van der Waals surface area (Å²) < 4.78 is 77.6. The van der Waals surface area contributed by atoms with Crippen molar-refractivity contribution in [2.24, 2.45) is 0 Å².